The van der Waals surface area contributed by atoms with Gasteiger partial charge in [-0.25, -0.2) is 0 Å². The summed E-state index contributed by atoms with van der Waals surface area (Å²) in [5.74, 6) is 1.12. The lowest BCUT2D eigenvalue weighted by molar-refractivity contribution is -0.116. The molecule has 0 aliphatic rings. The van der Waals surface area contributed by atoms with Crippen molar-refractivity contribution in [3.05, 3.63) is 18.2 Å². The number of amides is 1. The minimum Gasteiger partial charge on any atom is -0.493 e. The number of carbonyl (C=O) groups is 1. The maximum absolute atomic E-state index is 11.6. The number of hydrogen-bond donors (Lipinski definition) is 2. The summed E-state index contributed by atoms with van der Waals surface area (Å²) in [5.41, 5.74) is 6.04. The van der Waals surface area contributed by atoms with Crippen LogP contribution in [0.15, 0.2) is 18.2 Å². The van der Waals surface area contributed by atoms with Gasteiger partial charge in [0.15, 0.2) is 11.5 Å². The lowest BCUT2D eigenvalue weighted by atomic mass is 10.2. The zero-order valence-corrected chi connectivity index (χ0v) is 12.0. The van der Waals surface area contributed by atoms with Crippen molar-refractivity contribution in [3.63, 3.8) is 0 Å². The highest BCUT2D eigenvalue weighted by molar-refractivity contribution is 5.91. The van der Waals surface area contributed by atoms with E-state index in [1.54, 1.807) is 32.4 Å². The third-order valence-electron chi connectivity index (χ3n) is 2.60. The van der Waals surface area contributed by atoms with E-state index in [-0.39, 0.29) is 5.91 Å². The molecule has 0 unspecified atom stereocenters. The average molecular weight is 282 g/mol. The number of anilines is 1. The second-order valence-electron chi connectivity index (χ2n) is 4.15. The Morgan fingerprint density at radius 3 is 2.70 bits per heavy atom. The summed E-state index contributed by atoms with van der Waals surface area (Å²) < 4.78 is 15.7. The summed E-state index contributed by atoms with van der Waals surface area (Å²) in [6.45, 7) is 1.40. The van der Waals surface area contributed by atoms with Crippen LogP contribution in [-0.4, -0.2) is 39.9 Å². The van der Waals surface area contributed by atoms with Crippen molar-refractivity contribution in [2.75, 3.05) is 39.3 Å². The number of nitrogens with two attached hydrogens (primary N) is 1. The lowest BCUT2D eigenvalue weighted by Gasteiger charge is -2.12. The Labute approximate surface area is 119 Å². The third kappa shape index (κ3) is 5.46. The highest BCUT2D eigenvalue weighted by Crippen LogP contribution is 2.30. The van der Waals surface area contributed by atoms with Crippen LogP contribution in [0, 0.1) is 0 Å². The molecule has 0 aromatic heterocycles. The first-order valence-corrected chi connectivity index (χ1v) is 6.51. The Balaban J connectivity index is 2.68. The maximum Gasteiger partial charge on any atom is 0.224 e. The van der Waals surface area contributed by atoms with E-state index in [2.05, 4.69) is 5.32 Å². The first-order valence-electron chi connectivity index (χ1n) is 6.51. The van der Waals surface area contributed by atoms with Crippen molar-refractivity contribution in [1.29, 1.82) is 0 Å². The van der Waals surface area contributed by atoms with Crippen LogP contribution in [0.25, 0.3) is 0 Å². The van der Waals surface area contributed by atoms with E-state index in [1.165, 1.54) is 0 Å². The highest BCUT2D eigenvalue weighted by atomic mass is 16.5. The Morgan fingerprint density at radius 1 is 1.25 bits per heavy atom. The van der Waals surface area contributed by atoms with E-state index in [1.807, 2.05) is 0 Å². The van der Waals surface area contributed by atoms with Gasteiger partial charge in [0.05, 0.1) is 13.7 Å². The van der Waals surface area contributed by atoms with Gasteiger partial charge in [0.2, 0.25) is 5.91 Å². The van der Waals surface area contributed by atoms with Crippen molar-refractivity contribution in [2.24, 2.45) is 5.73 Å². The Kier molecular flexibility index (Phi) is 7.46. The molecule has 6 heteroatoms. The predicted molar refractivity (Wildman–Crippen MR) is 77.3 cm³/mol. The molecule has 1 aromatic rings. The fourth-order valence-electron chi connectivity index (χ4n) is 1.59. The molecule has 0 aliphatic carbocycles. The lowest BCUT2D eigenvalue weighted by Crippen LogP contribution is -2.13. The van der Waals surface area contributed by atoms with Gasteiger partial charge in [0.25, 0.3) is 0 Å². The van der Waals surface area contributed by atoms with E-state index in [0.717, 1.165) is 0 Å². The van der Waals surface area contributed by atoms with Crippen LogP contribution in [0.5, 0.6) is 11.5 Å². The molecule has 0 heterocycles. The summed E-state index contributed by atoms with van der Waals surface area (Å²) in [5, 5.41) is 2.80. The van der Waals surface area contributed by atoms with Gasteiger partial charge in [-0.15, -0.1) is 0 Å². The molecule has 0 bridgehead atoms. The quantitative estimate of drug-likeness (QED) is 0.669. The van der Waals surface area contributed by atoms with Crippen LogP contribution < -0.4 is 20.5 Å². The number of ether oxygens (including phenoxy) is 3. The molecule has 1 aromatic carbocycles. The van der Waals surface area contributed by atoms with E-state index in [0.29, 0.717) is 49.8 Å². The molecule has 112 valence electrons. The molecule has 0 aliphatic heterocycles. The normalized spacial score (nSPS) is 10.2. The van der Waals surface area contributed by atoms with Gasteiger partial charge in [0, 0.05) is 25.3 Å². The third-order valence-corrected chi connectivity index (χ3v) is 2.60. The summed E-state index contributed by atoms with van der Waals surface area (Å²) in [4.78, 5) is 11.6. The second kappa shape index (κ2) is 9.17. The summed E-state index contributed by atoms with van der Waals surface area (Å²) in [6, 6.07) is 5.25. The smallest absolute Gasteiger partial charge is 0.224 e. The summed E-state index contributed by atoms with van der Waals surface area (Å²) in [7, 11) is 3.17. The molecule has 1 rings (SSSR count). The predicted octanol–water partition coefficient (Wildman–Crippen LogP) is 1.40. The van der Waals surface area contributed by atoms with E-state index < -0.39 is 0 Å². The van der Waals surface area contributed by atoms with Gasteiger partial charge >= 0.3 is 0 Å². The van der Waals surface area contributed by atoms with Crippen LogP contribution >= 0.6 is 0 Å². The molecule has 0 fully saturated rings. The molecule has 0 atom stereocenters. The molecule has 1 amide bonds. The SMILES string of the molecule is COCCOc1cc(NC(=O)CCCN)ccc1OC. The largest absolute Gasteiger partial charge is 0.493 e. The zero-order chi connectivity index (χ0) is 14.8. The maximum atomic E-state index is 11.6. The van der Waals surface area contributed by atoms with Gasteiger partial charge in [-0.2, -0.15) is 0 Å². The van der Waals surface area contributed by atoms with E-state index in [4.69, 9.17) is 19.9 Å². The van der Waals surface area contributed by atoms with Crippen LogP contribution in [0.1, 0.15) is 12.8 Å². The van der Waals surface area contributed by atoms with Crippen LogP contribution in [0.4, 0.5) is 5.69 Å². The van der Waals surface area contributed by atoms with Crippen molar-refractivity contribution in [2.45, 2.75) is 12.8 Å². The van der Waals surface area contributed by atoms with Crippen LogP contribution in [0.3, 0.4) is 0 Å². The standard InChI is InChI=1S/C14H22N2O4/c1-18-8-9-20-13-10-11(5-6-12(13)19-2)16-14(17)4-3-7-15/h5-6,10H,3-4,7-9,15H2,1-2H3,(H,16,17). The topological polar surface area (TPSA) is 82.8 Å². The average Bonchev–Trinajstić information content (AvgIpc) is 2.46. The molecule has 6 nitrogen and oxygen atoms in total. The summed E-state index contributed by atoms with van der Waals surface area (Å²) >= 11 is 0. The van der Waals surface area contributed by atoms with Gasteiger partial charge in [-0.05, 0) is 25.1 Å². The molecular weight excluding hydrogens is 260 g/mol. The van der Waals surface area contributed by atoms with Crippen LogP contribution in [-0.2, 0) is 9.53 Å². The first kappa shape index (κ1) is 16.3. The van der Waals surface area contributed by atoms with E-state index >= 15 is 0 Å². The monoisotopic (exact) mass is 282 g/mol. The van der Waals surface area contributed by atoms with Gasteiger partial charge < -0.3 is 25.3 Å². The fourth-order valence-corrected chi connectivity index (χ4v) is 1.59. The number of methoxy groups -OCH3 is 2. The minimum absolute atomic E-state index is 0.0662. The first-order chi connectivity index (χ1) is 9.71. The van der Waals surface area contributed by atoms with Crippen molar-refractivity contribution >= 4 is 11.6 Å². The Bertz CT molecular complexity index is 424. The van der Waals surface area contributed by atoms with E-state index in [9.17, 15) is 4.79 Å². The Morgan fingerprint density at radius 2 is 2.05 bits per heavy atom. The fraction of sp³-hybridized carbons (Fsp3) is 0.500. The number of hydrogen-bond acceptors (Lipinski definition) is 5. The molecule has 20 heavy (non-hydrogen) atoms. The Hall–Kier alpha value is -1.79. The van der Waals surface area contributed by atoms with Crippen molar-refractivity contribution in [1.82, 2.24) is 0 Å². The van der Waals surface area contributed by atoms with Gasteiger partial charge in [0.1, 0.15) is 6.61 Å². The number of nitrogens with one attached hydrogen (secondary N) is 1. The molecule has 0 saturated heterocycles. The molecular formula is C14H22N2O4. The van der Waals surface area contributed by atoms with Gasteiger partial charge in [-0.3, -0.25) is 4.79 Å². The molecule has 0 radical (unpaired) electrons. The number of carbonyl (C=O) groups excluding carboxylic acids is 1. The molecule has 0 saturated carbocycles. The molecule has 3 N–H and O–H groups in total. The number of rotatable bonds is 9. The minimum atomic E-state index is -0.0662. The summed E-state index contributed by atoms with van der Waals surface area (Å²) in [6.07, 6.45) is 1.07. The molecule has 0 spiro atoms. The van der Waals surface area contributed by atoms with Crippen molar-refractivity contribution in [3.8, 4) is 11.5 Å². The second-order valence-corrected chi connectivity index (χ2v) is 4.15. The highest BCUT2D eigenvalue weighted by Gasteiger charge is 2.08. The van der Waals surface area contributed by atoms with Crippen LogP contribution in [0.2, 0.25) is 0 Å². The van der Waals surface area contributed by atoms with Crippen molar-refractivity contribution < 1.29 is 19.0 Å². The van der Waals surface area contributed by atoms with Gasteiger partial charge in [-0.1, -0.05) is 0 Å². The number of benzene rings is 1. The zero-order valence-electron chi connectivity index (χ0n) is 12.0.